The van der Waals surface area contributed by atoms with E-state index in [2.05, 4.69) is 46.2 Å². The molecule has 1 N–H and O–H groups in total. The highest BCUT2D eigenvalue weighted by Crippen LogP contribution is 2.13. The quantitative estimate of drug-likeness (QED) is 0.779. The summed E-state index contributed by atoms with van der Waals surface area (Å²) in [5.74, 6) is 1.08. The Morgan fingerprint density at radius 2 is 2.18 bits per heavy atom. The number of rotatable bonds is 1. The lowest BCUT2D eigenvalue weighted by Crippen LogP contribution is -2.42. The molecule has 0 radical (unpaired) electrons. The molecule has 1 aromatic heterocycles. The molecule has 1 aliphatic heterocycles. The van der Waals surface area contributed by atoms with E-state index in [9.17, 15) is 0 Å². The fraction of sp³-hybridized carbons (Fsp3) is 0.615. The maximum Gasteiger partial charge on any atom is 0.128 e. The second-order valence-corrected chi connectivity index (χ2v) is 4.74. The Morgan fingerprint density at radius 1 is 1.29 bits per heavy atom. The lowest BCUT2D eigenvalue weighted by atomic mass is 10.2. The van der Waals surface area contributed by atoms with Crippen molar-refractivity contribution in [2.24, 2.45) is 0 Å². The third kappa shape index (κ3) is 3.41. The van der Waals surface area contributed by atoms with E-state index < -0.39 is 0 Å². The molecule has 0 spiro atoms. The van der Waals surface area contributed by atoms with Gasteiger partial charge in [-0.2, -0.15) is 0 Å². The van der Waals surface area contributed by atoms with E-state index in [4.69, 9.17) is 0 Å². The lowest BCUT2D eigenvalue weighted by Gasteiger charge is -2.30. The monoisotopic (exact) mass is 234 g/mol. The molecule has 2 rings (SSSR count). The molecule has 17 heavy (non-hydrogen) atoms. The van der Waals surface area contributed by atoms with Crippen molar-refractivity contribution in [2.45, 2.75) is 13.0 Å². The van der Waals surface area contributed by atoms with Crippen LogP contribution in [0.15, 0.2) is 24.4 Å². The minimum absolute atomic E-state index is 0.483. The van der Waals surface area contributed by atoms with Crippen LogP contribution in [-0.4, -0.2) is 55.7 Å². The first-order valence-electron chi connectivity index (χ1n) is 6.34. The normalized spacial score (nSPS) is 23.9. The molecule has 0 saturated carbocycles. The summed E-state index contributed by atoms with van der Waals surface area (Å²) in [7, 11) is 2.17. The van der Waals surface area contributed by atoms with Crippen molar-refractivity contribution in [3.63, 3.8) is 0 Å². The fourth-order valence-corrected chi connectivity index (χ4v) is 2.17. The van der Waals surface area contributed by atoms with Gasteiger partial charge in [-0.05, 0) is 26.1 Å². The summed E-state index contributed by atoms with van der Waals surface area (Å²) in [4.78, 5) is 9.21. The predicted molar refractivity (Wildman–Crippen MR) is 71.4 cm³/mol. The molecule has 2 heterocycles. The summed E-state index contributed by atoms with van der Waals surface area (Å²) in [6, 6.07) is 6.60. The van der Waals surface area contributed by atoms with Gasteiger partial charge in [0.1, 0.15) is 5.82 Å². The number of nitrogens with zero attached hydrogens (tertiary/aromatic N) is 3. The molecule has 4 heteroatoms. The topological polar surface area (TPSA) is 31.4 Å². The first-order chi connectivity index (χ1) is 8.27. The van der Waals surface area contributed by atoms with Crippen LogP contribution in [0, 0.1) is 0 Å². The van der Waals surface area contributed by atoms with Gasteiger partial charge in [0.25, 0.3) is 0 Å². The van der Waals surface area contributed by atoms with E-state index in [1.54, 1.807) is 0 Å². The number of aromatic nitrogens is 1. The van der Waals surface area contributed by atoms with E-state index in [-0.39, 0.29) is 0 Å². The Bertz CT molecular complexity index is 327. The zero-order valence-corrected chi connectivity index (χ0v) is 10.8. The van der Waals surface area contributed by atoms with E-state index in [0.29, 0.717) is 6.04 Å². The number of nitrogens with one attached hydrogen (secondary N) is 1. The van der Waals surface area contributed by atoms with Gasteiger partial charge in [0.05, 0.1) is 0 Å². The standard InChI is InChI=1S/C13H22N4/c1-12-11-14-7-8-16(2)9-10-17(12)13-5-3-4-6-15-13/h3-6,12,14H,7-11H2,1-2H3. The second-order valence-electron chi connectivity index (χ2n) is 4.74. The number of anilines is 1. The van der Waals surface area contributed by atoms with Crippen LogP contribution in [0.4, 0.5) is 5.82 Å². The third-order valence-corrected chi connectivity index (χ3v) is 3.31. The average molecular weight is 234 g/mol. The smallest absolute Gasteiger partial charge is 0.128 e. The summed E-state index contributed by atoms with van der Waals surface area (Å²) < 4.78 is 0. The molecule has 1 aromatic rings. The van der Waals surface area contributed by atoms with E-state index in [1.165, 1.54) is 0 Å². The van der Waals surface area contributed by atoms with Gasteiger partial charge in [-0.3, -0.25) is 0 Å². The summed E-state index contributed by atoms with van der Waals surface area (Å²) in [5.41, 5.74) is 0. The minimum Gasteiger partial charge on any atom is -0.351 e. The van der Waals surface area contributed by atoms with Crippen molar-refractivity contribution in [2.75, 3.05) is 44.7 Å². The Morgan fingerprint density at radius 3 is 2.94 bits per heavy atom. The Kier molecular flexibility index (Phi) is 4.34. The van der Waals surface area contributed by atoms with Crippen LogP contribution >= 0.6 is 0 Å². The molecule has 0 amide bonds. The maximum atomic E-state index is 4.46. The number of hydrogen-bond acceptors (Lipinski definition) is 4. The van der Waals surface area contributed by atoms with Crippen LogP contribution in [0.1, 0.15) is 6.92 Å². The zero-order chi connectivity index (χ0) is 12.1. The van der Waals surface area contributed by atoms with Gasteiger partial charge in [-0.15, -0.1) is 0 Å². The highest BCUT2D eigenvalue weighted by molar-refractivity contribution is 5.39. The van der Waals surface area contributed by atoms with Crippen molar-refractivity contribution >= 4 is 5.82 Å². The van der Waals surface area contributed by atoms with Crippen molar-refractivity contribution in [3.8, 4) is 0 Å². The van der Waals surface area contributed by atoms with Gasteiger partial charge in [0, 0.05) is 45.0 Å². The number of likely N-dealkylation sites (N-methyl/N-ethyl adjacent to an activating group) is 1. The van der Waals surface area contributed by atoms with E-state index in [1.807, 2.05) is 12.3 Å². The molecule has 94 valence electrons. The SMILES string of the molecule is CC1CNCCN(C)CCN1c1ccccn1. The lowest BCUT2D eigenvalue weighted by molar-refractivity contribution is 0.346. The van der Waals surface area contributed by atoms with Crippen molar-refractivity contribution < 1.29 is 0 Å². The van der Waals surface area contributed by atoms with Crippen LogP contribution in [0.3, 0.4) is 0 Å². The Labute approximate surface area is 104 Å². The van der Waals surface area contributed by atoms with E-state index in [0.717, 1.165) is 38.5 Å². The van der Waals surface area contributed by atoms with Gasteiger partial charge in [-0.1, -0.05) is 6.07 Å². The summed E-state index contributed by atoms with van der Waals surface area (Å²) in [5, 5.41) is 3.50. The molecular weight excluding hydrogens is 212 g/mol. The largest absolute Gasteiger partial charge is 0.351 e. The van der Waals surface area contributed by atoms with Crippen LogP contribution in [0.2, 0.25) is 0 Å². The van der Waals surface area contributed by atoms with Gasteiger partial charge in [-0.25, -0.2) is 4.98 Å². The molecule has 1 aliphatic rings. The molecule has 0 bridgehead atoms. The number of pyridine rings is 1. The maximum absolute atomic E-state index is 4.46. The van der Waals surface area contributed by atoms with Gasteiger partial charge >= 0.3 is 0 Å². The molecule has 1 saturated heterocycles. The van der Waals surface area contributed by atoms with E-state index >= 15 is 0 Å². The van der Waals surface area contributed by atoms with Crippen LogP contribution in [0.5, 0.6) is 0 Å². The van der Waals surface area contributed by atoms with Crippen molar-refractivity contribution in [1.29, 1.82) is 0 Å². The second kappa shape index (κ2) is 5.98. The Hall–Kier alpha value is -1.13. The van der Waals surface area contributed by atoms with Gasteiger partial charge in [0.2, 0.25) is 0 Å². The molecule has 1 atom stereocenters. The minimum atomic E-state index is 0.483. The fourth-order valence-electron chi connectivity index (χ4n) is 2.17. The first-order valence-corrected chi connectivity index (χ1v) is 6.34. The Balaban J connectivity index is 2.11. The van der Waals surface area contributed by atoms with Gasteiger partial charge < -0.3 is 15.1 Å². The predicted octanol–water partition coefficient (Wildman–Crippen LogP) is 0.811. The first kappa shape index (κ1) is 12.3. The summed E-state index contributed by atoms with van der Waals surface area (Å²) in [6.45, 7) is 7.58. The van der Waals surface area contributed by atoms with Crippen molar-refractivity contribution in [1.82, 2.24) is 15.2 Å². The van der Waals surface area contributed by atoms with Crippen LogP contribution in [-0.2, 0) is 0 Å². The van der Waals surface area contributed by atoms with Crippen LogP contribution in [0.25, 0.3) is 0 Å². The van der Waals surface area contributed by atoms with Gasteiger partial charge in [0.15, 0.2) is 0 Å². The third-order valence-electron chi connectivity index (χ3n) is 3.31. The molecule has 0 aromatic carbocycles. The zero-order valence-electron chi connectivity index (χ0n) is 10.8. The molecular formula is C13H22N4. The highest BCUT2D eigenvalue weighted by atomic mass is 15.3. The molecule has 0 aliphatic carbocycles. The summed E-state index contributed by atoms with van der Waals surface area (Å²) in [6.07, 6.45) is 1.87. The molecule has 1 fully saturated rings. The summed E-state index contributed by atoms with van der Waals surface area (Å²) >= 11 is 0. The number of hydrogen-bond donors (Lipinski definition) is 1. The van der Waals surface area contributed by atoms with Crippen LogP contribution < -0.4 is 10.2 Å². The molecule has 4 nitrogen and oxygen atoms in total. The molecule has 1 unspecified atom stereocenters. The van der Waals surface area contributed by atoms with Crippen molar-refractivity contribution in [3.05, 3.63) is 24.4 Å². The average Bonchev–Trinajstić information content (AvgIpc) is 2.43. The highest BCUT2D eigenvalue weighted by Gasteiger charge is 2.17.